The molecule has 4 nitrogen and oxygen atoms in total. The fourth-order valence-corrected chi connectivity index (χ4v) is 1.45. The number of hydrogen-bond acceptors (Lipinski definition) is 3. The molecule has 0 radical (unpaired) electrons. The molecule has 2 N–H and O–H groups in total. The Kier molecular flexibility index (Phi) is 4.94. The maximum atomic E-state index is 11.9. The number of anilines is 1. The van der Waals surface area contributed by atoms with Crippen LogP contribution in [-0.2, 0) is 0 Å². The first-order chi connectivity index (χ1) is 8.08. The van der Waals surface area contributed by atoms with Gasteiger partial charge in [-0.25, -0.2) is 4.98 Å². The van der Waals surface area contributed by atoms with Gasteiger partial charge in [0.05, 0.1) is 11.9 Å². The summed E-state index contributed by atoms with van der Waals surface area (Å²) in [4.78, 5) is 16.0. The van der Waals surface area contributed by atoms with E-state index in [4.69, 9.17) is 0 Å². The molecule has 0 aliphatic carbocycles. The number of pyridine rings is 1. The summed E-state index contributed by atoms with van der Waals surface area (Å²) in [6.45, 7) is 6.27. The summed E-state index contributed by atoms with van der Waals surface area (Å²) in [5.74, 6) is 0.357. The Balaban J connectivity index is 2.63. The molecule has 1 aromatic rings. The summed E-state index contributed by atoms with van der Waals surface area (Å²) >= 11 is 0. The largest absolute Gasteiger partial charge is 0.387 e. The Bertz CT molecular complexity index is 361. The molecule has 17 heavy (non-hydrogen) atoms. The molecule has 0 aliphatic rings. The molecule has 0 saturated heterocycles. The summed E-state index contributed by atoms with van der Waals surface area (Å²) in [6.07, 6.45) is 2.70. The van der Waals surface area contributed by atoms with Gasteiger partial charge in [0.2, 0.25) is 0 Å². The Morgan fingerprint density at radius 1 is 1.41 bits per heavy atom. The van der Waals surface area contributed by atoms with E-state index in [2.05, 4.69) is 29.5 Å². The van der Waals surface area contributed by atoms with Gasteiger partial charge in [-0.3, -0.25) is 4.79 Å². The summed E-state index contributed by atoms with van der Waals surface area (Å²) in [6, 6.07) is 3.73. The predicted molar refractivity (Wildman–Crippen MR) is 70.2 cm³/mol. The molecule has 0 aliphatic heterocycles. The quantitative estimate of drug-likeness (QED) is 0.823. The topological polar surface area (TPSA) is 54.0 Å². The summed E-state index contributed by atoms with van der Waals surface area (Å²) in [5, 5.41) is 5.93. The molecule has 4 heteroatoms. The van der Waals surface area contributed by atoms with Crippen LogP contribution in [0.1, 0.15) is 37.7 Å². The van der Waals surface area contributed by atoms with Crippen molar-refractivity contribution in [3.05, 3.63) is 24.0 Å². The number of hydrogen-bond donors (Lipinski definition) is 2. The molecule has 94 valence electrons. The summed E-state index contributed by atoms with van der Waals surface area (Å²) < 4.78 is 0. The number of carbonyl (C=O) groups excluding carboxylic acids is 1. The van der Waals surface area contributed by atoms with E-state index in [9.17, 15) is 4.79 Å². The Morgan fingerprint density at radius 2 is 2.12 bits per heavy atom. The molecule has 1 rings (SSSR count). The highest BCUT2D eigenvalue weighted by Crippen LogP contribution is 2.09. The van der Waals surface area contributed by atoms with Crippen LogP contribution in [0.15, 0.2) is 18.3 Å². The van der Waals surface area contributed by atoms with Crippen molar-refractivity contribution in [3.63, 3.8) is 0 Å². The van der Waals surface area contributed by atoms with E-state index in [-0.39, 0.29) is 11.9 Å². The monoisotopic (exact) mass is 235 g/mol. The van der Waals surface area contributed by atoms with Crippen LogP contribution < -0.4 is 10.6 Å². The molecular formula is C13H21N3O. The van der Waals surface area contributed by atoms with Gasteiger partial charge in [0.15, 0.2) is 0 Å². The Labute approximate surface area is 103 Å². The minimum absolute atomic E-state index is 0.111. The number of nitrogens with zero attached hydrogens (tertiary/aromatic N) is 1. The molecule has 0 saturated carbocycles. The van der Waals surface area contributed by atoms with Gasteiger partial charge < -0.3 is 10.6 Å². The van der Waals surface area contributed by atoms with Crippen LogP contribution in [0.3, 0.4) is 0 Å². The van der Waals surface area contributed by atoms with Gasteiger partial charge in [-0.2, -0.15) is 0 Å². The molecule has 1 aromatic heterocycles. The van der Waals surface area contributed by atoms with Crippen molar-refractivity contribution in [2.24, 2.45) is 5.92 Å². The molecular weight excluding hydrogens is 214 g/mol. The molecule has 2 atom stereocenters. The SMILES string of the molecule is CCC(C)C(C)NC(=O)c1ccc(NC)cn1. The fourth-order valence-electron chi connectivity index (χ4n) is 1.45. The van der Waals surface area contributed by atoms with Gasteiger partial charge in [0.25, 0.3) is 5.91 Å². The van der Waals surface area contributed by atoms with E-state index in [0.717, 1.165) is 12.1 Å². The van der Waals surface area contributed by atoms with Crippen molar-refractivity contribution in [2.45, 2.75) is 33.2 Å². The lowest BCUT2D eigenvalue weighted by Gasteiger charge is -2.19. The first-order valence-corrected chi connectivity index (χ1v) is 6.03. The number of amides is 1. The van der Waals surface area contributed by atoms with Crippen LogP contribution >= 0.6 is 0 Å². The number of nitrogens with one attached hydrogen (secondary N) is 2. The van der Waals surface area contributed by atoms with Crippen molar-refractivity contribution in [1.82, 2.24) is 10.3 Å². The average Bonchev–Trinajstić information content (AvgIpc) is 2.37. The zero-order valence-corrected chi connectivity index (χ0v) is 10.9. The van der Waals surface area contributed by atoms with Gasteiger partial charge in [-0.05, 0) is 25.0 Å². The zero-order chi connectivity index (χ0) is 12.8. The van der Waals surface area contributed by atoms with Crippen LogP contribution in [0.25, 0.3) is 0 Å². The van der Waals surface area contributed by atoms with Crippen LogP contribution in [0.4, 0.5) is 5.69 Å². The molecule has 0 aromatic carbocycles. The van der Waals surface area contributed by atoms with E-state index >= 15 is 0 Å². The highest BCUT2D eigenvalue weighted by molar-refractivity contribution is 5.92. The van der Waals surface area contributed by atoms with Gasteiger partial charge in [0.1, 0.15) is 5.69 Å². The highest BCUT2D eigenvalue weighted by atomic mass is 16.1. The van der Waals surface area contributed by atoms with Crippen molar-refractivity contribution in [3.8, 4) is 0 Å². The zero-order valence-electron chi connectivity index (χ0n) is 10.9. The van der Waals surface area contributed by atoms with E-state index < -0.39 is 0 Å². The third-order valence-corrected chi connectivity index (χ3v) is 3.14. The minimum Gasteiger partial charge on any atom is -0.387 e. The van der Waals surface area contributed by atoms with E-state index in [1.807, 2.05) is 20.0 Å². The highest BCUT2D eigenvalue weighted by Gasteiger charge is 2.14. The van der Waals surface area contributed by atoms with Crippen LogP contribution in [0, 0.1) is 5.92 Å². The van der Waals surface area contributed by atoms with Crippen molar-refractivity contribution in [2.75, 3.05) is 12.4 Å². The van der Waals surface area contributed by atoms with Gasteiger partial charge in [0, 0.05) is 13.1 Å². The number of carbonyl (C=O) groups is 1. The van der Waals surface area contributed by atoms with Gasteiger partial charge in [-0.15, -0.1) is 0 Å². The first kappa shape index (κ1) is 13.5. The first-order valence-electron chi connectivity index (χ1n) is 6.03. The smallest absolute Gasteiger partial charge is 0.270 e. The molecule has 0 bridgehead atoms. The lowest BCUT2D eigenvalue weighted by molar-refractivity contribution is 0.0923. The van der Waals surface area contributed by atoms with Crippen molar-refractivity contribution in [1.29, 1.82) is 0 Å². The standard InChI is InChI=1S/C13H21N3O/c1-5-9(2)10(3)16-13(17)12-7-6-11(14-4)8-15-12/h6-10,14H,5H2,1-4H3,(H,16,17). The minimum atomic E-state index is -0.111. The molecule has 2 unspecified atom stereocenters. The van der Waals surface area contributed by atoms with Gasteiger partial charge >= 0.3 is 0 Å². The third kappa shape index (κ3) is 3.73. The maximum absolute atomic E-state index is 11.9. The summed E-state index contributed by atoms with van der Waals surface area (Å²) in [5.41, 5.74) is 1.36. The van der Waals surface area contributed by atoms with Crippen LogP contribution in [0.2, 0.25) is 0 Å². The maximum Gasteiger partial charge on any atom is 0.270 e. The number of aromatic nitrogens is 1. The van der Waals surface area contributed by atoms with Crippen LogP contribution in [-0.4, -0.2) is 24.0 Å². The Hall–Kier alpha value is -1.58. The third-order valence-electron chi connectivity index (χ3n) is 3.14. The molecule has 0 fully saturated rings. The second-order valence-electron chi connectivity index (χ2n) is 4.33. The second kappa shape index (κ2) is 6.23. The number of rotatable bonds is 5. The van der Waals surface area contributed by atoms with Crippen molar-refractivity contribution >= 4 is 11.6 Å². The average molecular weight is 235 g/mol. The Morgan fingerprint density at radius 3 is 2.59 bits per heavy atom. The molecule has 1 amide bonds. The van der Waals surface area contributed by atoms with E-state index in [1.54, 1.807) is 12.3 Å². The molecule has 1 heterocycles. The molecule has 0 spiro atoms. The fraction of sp³-hybridized carbons (Fsp3) is 0.538. The van der Waals surface area contributed by atoms with E-state index in [0.29, 0.717) is 11.6 Å². The normalized spacial score (nSPS) is 13.9. The van der Waals surface area contributed by atoms with Crippen LogP contribution in [0.5, 0.6) is 0 Å². The van der Waals surface area contributed by atoms with Gasteiger partial charge in [-0.1, -0.05) is 20.3 Å². The lowest BCUT2D eigenvalue weighted by Crippen LogP contribution is -2.37. The second-order valence-corrected chi connectivity index (χ2v) is 4.33. The van der Waals surface area contributed by atoms with Crippen molar-refractivity contribution < 1.29 is 4.79 Å². The lowest BCUT2D eigenvalue weighted by atomic mass is 10.0. The van der Waals surface area contributed by atoms with E-state index in [1.165, 1.54) is 0 Å². The predicted octanol–water partition coefficient (Wildman–Crippen LogP) is 2.29. The summed E-state index contributed by atoms with van der Waals surface area (Å²) in [7, 11) is 1.82.